The fourth-order valence-corrected chi connectivity index (χ4v) is 4.72. The third kappa shape index (κ3) is 13.0. The molecule has 43 heavy (non-hydrogen) atoms. The lowest BCUT2D eigenvalue weighted by atomic mass is 10.0. The molecule has 0 radical (unpaired) electrons. The maximum Gasteiger partial charge on any atom is 0.217 e. The highest BCUT2D eigenvalue weighted by molar-refractivity contribution is 5.96. The van der Waals surface area contributed by atoms with Gasteiger partial charge < -0.3 is 24.8 Å². The van der Waals surface area contributed by atoms with E-state index in [1.165, 1.54) is 44.5 Å². The summed E-state index contributed by atoms with van der Waals surface area (Å²) in [7, 11) is 1.58. The fourth-order valence-electron chi connectivity index (χ4n) is 4.72. The normalized spacial score (nSPS) is 12.5. The highest BCUT2D eigenvalue weighted by Gasteiger charge is 2.10. The minimum absolute atomic E-state index is 0.0807. The third-order valence-electron chi connectivity index (χ3n) is 7.16. The summed E-state index contributed by atoms with van der Waals surface area (Å²) in [5, 5.41) is 8.77. The Labute approximate surface area is 255 Å². The second-order valence-electron chi connectivity index (χ2n) is 10.5. The Balaban J connectivity index is 0.000000259. The van der Waals surface area contributed by atoms with Gasteiger partial charge in [-0.1, -0.05) is 12.1 Å². The Morgan fingerprint density at radius 1 is 0.791 bits per heavy atom. The second kappa shape index (κ2) is 19.0. The maximum absolute atomic E-state index is 11.7. The van der Waals surface area contributed by atoms with Crippen LogP contribution in [0, 0.1) is 11.3 Å². The first kappa shape index (κ1) is 33.2. The topological polar surface area (TPSA) is 115 Å². The zero-order valence-electron chi connectivity index (χ0n) is 25.1. The van der Waals surface area contributed by atoms with E-state index in [9.17, 15) is 9.59 Å². The van der Waals surface area contributed by atoms with Crippen molar-refractivity contribution in [2.45, 2.75) is 51.4 Å². The Morgan fingerprint density at radius 3 is 1.91 bits per heavy atom. The number of likely N-dealkylation sites (tertiary alicyclic amines) is 1. The SMILES string of the molecule is COc1ccc(C(=O)CCCCC(N)=O)cc1.N#Cc1ccc(OCCOc2ccc(CCCN3CCCC3)cc2)cc1. The van der Waals surface area contributed by atoms with Crippen molar-refractivity contribution in [2.24, 2.45) is 5.73 Å². The molecule has 0 spiro atoms. The minimum atomic E-state index is -0.318. The first-order valence-electron chi connectivity index (χ1n) is 15.0. The van der Waals surface area contributed by atoms with E-state index in [0.717, 1.165) is 23.7 Å². The summed E-state index contributed by atoms with van der Waals surface area (Å²) in [4.78, 5) is 24.8. The van der Waals surface area contributed by atoms with Gasteiger partial charge in [0.15, 0.2) is 5.78 Å². The molecule has 2 N–H and O–H groups in total. The van der Waals surface area contributed by atoms with Crippen LogP contribution in [0.4, 0.5) is 0 Å². The smallest absolute Gasteiger partial charge is 0.217 e. The third-order valence-corrected chi connectivity index (χ3v) is 7.16. The zero-order chi connectivity index (χ0) is 30.7. The van der Waals surface area contributed by atoms with Crippen LogP contribution >= 0.6 is 0 Å². The van der Waals surface area contributed by atoms with Crippen molar-refractivity contribution in [1.82, 2.24) is 4.90 Å². The molecule has 1 aliphatic rings. The predicted octanol–water partition coefficient (Wildman–Crippen LogP) is 5.97. The lowest BCUT2D eigenvalue weighted by Gasteiger charge is -2.14. The van der Waals surface area contributed by atoms with Crippen LogP contribution < -0.4 is 19.9 Å². The van der Waals surface area contributed by atoms with Crippen molar-refractivity contribution in [3.05, 3.63) is 89.5 Å². The number of hydrogen-bond acceptors (Lipinski definition) is 7. The molecule has 1 saturated heterocycles. The summed E-state index contributed by atoms with van der Waals surface area (Å²) in [6, 6.07) is 24.6. The molecule has 0 saturated carbocycles. The molecule has 0 aliphatic carbocycles. The number of carbonyl (C=O) groups excluding carboxylic acids is 2. The molecule has 0 unspecified atom stereocenters. The fraction of sp³-hybridized carbons (Fsp3) is 0.400. The number of rotatable bonds is 16. The van der Waals surface area contributed by atoms with Gasteiger partial charge in [-0.15, -0.1) is 0 Å². The van der Waals surface area contributed by atoms with Crippen molar-refractivity contribution in [3.63, 3.8) is 0 Å². The van der Waals surface area contributed by atoms with Crippen LogP contribution in [0.25, 0.3) is 0 Å². The van der Waals surface area contributed by atoms with Gasteiger partial charge in [0, 0.05) is 18.4 Å². The minimum Gasteiger partial charge on any atom is -0.497 e. The van der Waals surface area contributed by atoms with Crippen molar-refractivity contribution >= 4 is 11.7 Å². The molecule has 0 aromatic heterocycles. The number of primary amides is 1. The van der Waals surface area contributed by atoms with E-state index in [2.05, 4.69) is 23.1 Å². The van der Waals surface area contributed by atoms with Gasteiger partial charge in [0.1, 0.15) is 30.5 Å². The maximum atomic E-state index is 11.7. The molecule has 3 aromatic carbocycles. The van der Waals surface area contributed by atoms with Gasteiger partial charge in [-0.25, -0.2) is 0 Å². The predicted molar refractivity (Wildman–Crippen MR) is 168 cm³/mol. The lowest BCUT2D eigenvalue weighted by molar-refractivity contribution is -0.118. The first-order valence-corrected chi connectivity index (χ1v) is 15.0. The molecule has 1 fully saturated rings. The van der Waals surface area contributed by atoms with Gasteiger partial charge >= 0.3 is 0 Å². The Morgan fingerprint density at radius 2 is 1.35 bits per heavy atom. The largest absolute Gasteiger partial charge is 0.497 e. The summed E-state index contributed by atoms with van der Waals surface area (Å²) >= 11 is 0. The molecule has 8 heteroatoms. The quantitative estimate of drug-likeness (QED) is 0.163. The van der Waals surface area contributed by atoms with E-state index in [0.29, 0.717) is 50.0 Å². The van der Waals surface area contributed by atoms with Crippen LogP contribution in [0.5, 0.6) is 17.2 Å². The molecule has 1 aliphatic heterocycles. The van der Waals surface area contributed by atoms with Crippen LogP contribution in [-0.2, 0) is 11.2 Å². The molecule has 3 aromatic rings. The van der Waals surface area contributed by atoms with E-state index in [4.69, 9.17) is 25.2 Å². The molecule has 8 nitrogen and oxygen atoms in total. The summed E-state index contributed by atoms with van der Waals surface area (Å²) in [5.41, 5.74) is 7.69. The monoisotopic (exact) mass is 585 g/mol. The van der Waals surface area contributed by atoms with Crippen LogP contribution in [0.15, 0.2) is 72.8 Å². The number of aryl methyl sites for hydroxylation is 1. The lowest BCUT2D eigenvalue weighted by Crippen LogP contribution is -2.20. The van der Waals surface area contributed by atoms with Gasteiger partial charge in [0.2, 0.25) is 5.91 Å². The number of hydrogen-bond donors (Lipinski definition) is 1. The number of nitriles is 1. The zero-order valence-corrected chi connectivity index (χ0v) is 25.1. The van der Waals surface area contributed by atoms with E-state index in [-0.39, 0.29) is 11.7 Å². The molecule has 1 amide bonds. The van der Waals surface area contributed by atoms with Crippen molar-refractivity contribution in [3.8, 4) is 23.3 Å². The second-order valence-corrected chi connectivity index (χ2v) is 10.5. The molecule has 4 rings (SSSR count). The number of benzene rings is 3. The van der Waals surface area contributed by atoms with Crippen molar-refractivity contribution < 1.29 is 23.8 Å². The average molecular weight is 586 g/mol. The molecular formula is C35H43N3O5. The van der Waals surface area contributed by atoms with E-state index in [1.54, 1.807) is 55.6 Å². The molecule has 1 heterocycles. The van der Waals surface area contributed by atoms with Gasteiger partial charge in [-0.05, 0) is 124 Å². The number of Topliss-reactive ketones (excluding diaryl/α,β-unsaturated/α-hetero) is 1. The standard InChI is InChI=1S/C22H26N2O2.C13H17NO3/c23-18-20-7-11-22(12-8-20)26-17-16-25-21-9-5-19(6-10-21)4-3-15-24-13-1-2-14-24;1-17-11-8-6-10(7-9-11)12(15)4-2-3-5-13(14)16/h5-12H,1-4,13-17H2;6-9H,2-5H2,1H3,(H2,14,16). The molecule has 0 bridgehead atoms. The number of nitrogens with zero attached hydrogens (tertiary/aromatic N) is 2. The van der Waals surface area contributed by atoms with Crippen molar-refractivity contribution in [2.75, 3.05) is 40.0 Å². The van der Waals surface area contributed by atoms with Gasteiger partial charge in [-0.3, -0.25) is 9.59 Å². The Hall–Kier alpha value is -4.35. The number of nitrogens with two attached hydrogens (primary N) is 1. The Bertz CT molecular complexity index is 1280. The Kier molecular flexibility index (Phi) is 14.6. The van der Waals surface area contributed by atoms with Gasteiger partial charge in [0.05, 0.1) is 18.7 Å². The van der Waals surface area contributed by atoms with Crippen molar-refractivity contribution in [1.29, 1.82) is 5.26 Å². The highest BCUT2D eigenvalue weighted by Crippen LogP contribution is 2.16. The number of methoxy groups -OCH3 is 1. The number of ether oxygens (including phenoxy) is 3. The first-order chi connectivity index (χ1) is 21.0. The van der Waals surface area contributed by atoms with E-state index < -0.39 is 0 Å². The van der Waals surface area contributed by atoms with Crippen LogP contribution in [-0.4, -0.2) is 56.5 Å². The molecule has 228 valence electrons. The average Bonchev–Trinajstić information content (AvgIpc) is 3.56. The molecular weight excluding hydrogens is 542 g/mol. The van der Waals surface area contributed by atoms with Crippen LogP contribution in [0.3, 0.4) is 0 Å². The van der Waals surface area contributed by atoms with E-state index >= 15 is 0 Å². The summed E-state index contributed by atoms with van der Waals surface area (Å²) in [6.45, 7) is 4.73. The highest BCUT2D eigenvalue weighted by atomic mass is 16.5. The van der Waals surface area contributed by atoms with Crippen LogP contribution in [0.2, 0.25) is 0 Å². The molecule has 0 atom stereocenters. The van der Waals surface area contributed by atoms with Gasteiger partial charge in [0.25, 0.3) is 0 Å². The van der Waals surface area contributed by atoms with E-state index in [1.807, 2.05) is 12.1 Å². The number of amides is 1. The summed E-state index contributed by atoms with van der Waals surface area (Å²) in [6.07, 6.45) is 7.21. The summed E-state index contributed by atoms with van der Waals surface area (Å²) in [5.74, 6) is 2.12. The van der Waals surface area contributed by atoms with Crippen LogP contribution in [0.1, 0.15) is 66.4 Å². The summed E-state index contributed by atoms with van der Waals surface area (Å²) < 4.78 is 16.4. The number of carbonyl (C=O) groups is 2. The number of unbranched alkanes of at least 4 members (excludes halogenated alkanes) is 1. The van der Waals surface area contributed by atoms with Gasteiger partial charge in [-0.2, -0.15) is 5.26 Å². The number of ketones is 1.